The van der Waals surface area contributed by atoms with Gasteiger partial charge >= 0.3 is 0 Å². The van der Waals surface area contributed by atoms with Gasteiger partial charge in [-0.3, -0.25) is 10.1 Å². The summed E-state index contributed by atoms with van der Waals surface area (Å²) in [4.78, 5) is 13.0. The van der Waals surface area contributed by atoms with Crippen LogP contribution in [0.2, 0.25) is 0 Å². The number of carbonyl (C=O) groups is 1. The second-order valence-corrected chi connectivity index (χ2v) is 3.39. The summed E-state index contributed by atoms with van der Waals surface area (Å²) in [7, 11) is 0. The molecule has 0 atom stereocenters. The third-order valence-corrected chi connectivity index (χ3v) is 2.09. The van der Waals surface area contributed by atoms with Crippen molar-refractivity contribution in [1.29, 1.82) is 0 Å². The van der Waals surface area contributed by atoms with Crippen molar-refractivity contribution in [2.45, 2.75) is 6.54 Å². The number of aromatic nitrogens is 4. The fraction of sp³-hybridized carbons (Fsp3) is 0.0909. The molecule has 0 aliphatic heterocycles. The fourth-order valence-electron chi connectivity index (χ4n) is 1.30. The van der Waals surface area contributed by atoms with Crippen molar-refractivity contribution in [3.05, 3.63) is 48.3 Å². The molecule has 0 spiro atoms. The highest BCUT2D eigenvalue weighted by molar-refractivity contribution is 6.03. The van der Waals surface area contributed by atoms with E-state index in [0.717, 1.165) is 0 Å². The molecule has 2 aromatic rings. The normalized spacial score (nSPS) is 10.1. The molecule has 0 bridgehead atoms. The first-order valence-corrected chi connectivity index (χ1v) is 5.15. The van der Waals surface area contributed by atoms with Crippen LogP contribution in [0.5, 0.6) is 0 Å². The van der Waals surface area contributed by atoms with Crippen LogP contribution in [0.1, 0.15) is 10.4 Å². The summed E-state index contributed by atoms with van der Waals surface area (Å²) >= 11 is 0. The van der Waals surface area contributed by atoms with E-state index in [0.29, 0.717) is 6.54 Å². The van der Waals surface area contributed by atoms with Crippen molar-refractivity contribution < 1.29 is 9.18 Å². The molecule has 1 amide bonds. The number of amides is 1. The molecular weight excluding hydrogens is 237 g/mol. The van der Waals surface area contributed by atoms with Crippen LogP contribution in [0.15, 0.2) is 36.9 Å². The summed E-state index contributed by atoms with van der Waals surface area (Å²) in [6.07, 6.45) is 1.59. The molecule has 0 aliphatic carbocycles. The van der Waals surface area contributed by atoms with Crippen molar-refractivity contribution in [3.8, 4) is 0 Å². The number of hydrogen-bond acceptors (Lipinski definition) is 4. The van der Waals surface area contributed by atoms with Gasteiger partial charge in [0.05, 0.1) is 12.1 Å². The zero-order valence-electron chi connectivity index (χ0n) is 9.38. The number of nitrogens with one attached hydrogen (secondary N) is 1. The minimum Gasteiger partial charge on any atom is -0.288 e. The Balaban J connectivity index is 2.11. The number of benzene rings is 1. The molecule has 92 valence electrons. The number of carbonyl (C=O) groups excluding carboxylic acids is 1. The van der Waals surface area contributed by atoms with Gasteiger partial charge in [-0.2, -0.15) is 4.80 Å². The summed E-state index contributed by atoms with van der Waals surface area (Å²) in [5, 5.41) is 13.5. The smallest absolute Gasteiger partial charge is 0.270 e. The lowest BCUT2D eigenvalue weighted by molar-refractivity contribution is 0.102. The highest BCUT2D eigenvalue weighted by Crippen LogP contribution is 2.08. The molecule has 1 aromatic carbocycles. The van der Waals surface area contributed by atoms with Crippen molar-refractivity contribution in [2.75, 3.05) is 5.32 Å². The van der Waals surface area contributed by atoms with Gasteiger partial charge in [0.1, 0.15) is 5.82 Å². The first-order valence-electron chi connectivity index (χ1n) is 5.15. The van der Waals surface area contributed by atoms with E-state index in [-0.39, 0.29) is 11.5 Å². The van der Waals surface area contributed by atoms with Crippen LogP contribution < -0.4 is 5.32 Å². The summed E-state index contributed by atoms with van der Waals surface area (Å²) in [5.41, 5.74) is -0.0717. The van der Waals surface area contributed by atoms with E-state index in [2.05, 4.69) is 27.3 Å². The van der Waals surface area contributed by atoms with Gasteiger partial charge in [-0.15, -0.1) is 11.7 Å². The lowest BCUT2D eigenvalue weighted by atomic mass is 10.2. The SMILES string of the molecule is C=CCn1nnc(NC(=O)c2ccccc2F)n1. The molecule has 0 aliphatic rings. The molecule has 0 saturated heterocycles. The summed E-state index contributed by atoms with van der Waals surface area (Å²) < 4.78 is 13.3. The van der Waals surface area contributed by atoms with Gasteiger partial charge in [-0.1, -0.05) is 23.3 Å². The Labute approximate surface area is 102 Å². The van der Waals surface area contributed by atoms with Crippen molar-refractivity contribution in [3.63, 3.8) is 0 Å². The zero-order chi connectivity index (χ0) is 13.0. The van der Waals surface area contributed by atoms with Crippen LogP contribution in [-0.4, -0.2) is 26.1 Å². The standard InChI is InChI=1S/C11H10FN5O/c1-2-7-17-15-11(14-16-17)13-10(18)8-5-3-4-6-9(8)12/h2-6H,1,7H2,(H,13,15,18). The molecule has 2 rings (SSSR count). The van der Waals surface area contributed by atoms with Crippen LogP contribution in [0.25, 0.3) is 0 Å². The van der Waals surface area contributed by atoms with E-state index in [4.69, 9.17) is 0 Å². The number of hydrogen-bond donors (Lipinski definition) is 1. The Morgan fingerprint density at radius 1 is 1.50 bits per heavy atom. The van der Waals surface area contributed by atoms with Gasteiger partial charge in [0.2, 0.25) is 0 Å². The summed E-state index contributed by atoms with van der Waals surface area (Å²) in [6.45, 7) is 3.90. The van der Waals surface area contributed by atoms with Gasteiger partial charge in [-0.25, -0.2) is 4.39 Å². The number of halogens is 1. The molecule has 1 aromatic heterocycles. The Morgan fingerprint density at radius 3 is 3.00 bits per heavy atom. The molecule has 0 radical (unpaired) electrons. The second kappa shape index (κ2) is 5.17. The fourth-order valence-corrected chi connectivity index (χ4v) is 1.30. The molecular formula is C11H10FN5O. The Bertz CT molecular complexity index is 580. The molecule has 6 nitrogen and oxygen atoms in total. The van der Waals surface area contributed by atoms with Crippen LogP contribution in [0.4, 0.5) is 10.3 Å². The van der Waals surface area contributed by atoms with E-state index >= 15 is 0 Å². The predicted octanol–water partition coefficient (Wildman–Crippen LogP) is 1.25. The average molecular weight is 247 g/mol. The van der Waals surface area contributed by atoms with Crippen molar-refractivity contribution in [2.24, 2.45) is 0 Å². The molecule has 18 heavy (non-hydrogen) atoms. The first-order chi connectivity index (χ1) is 8.70. The van der Waals surface area contributed by atoms with Gasteiger partial charge in [0.15, 0.2) is 0 Å². The number of anilines is 1. The number of allylic oxidation sites excluding steroid dienone is 1. The van der Waals surface area contributed by atoms with Gasteiger partial charge in [-0.05, 0) is 17.3 Å². The first kappa shape index (κ1) is 11.9. The molecule has 1 heterocycles. The lowest BCUT2D eigenvalue weighted by Gasteiger charge is -2.01. The van der Waals surface area contributed by atoms with Crippen LogP contribution in [0, 0.1) is 5.82 Å². The topological polar surface area (TPSA) is 72.7 Å². The van der Waals surface area contributed by atoms with Crippen molar-refractivity contribution in [1.82, 2.24) is 20.2 Å². The van der Waals surface area contributed by atoms with Gasteiger partial charge in [0.25, 0.3) is 11.9 Å². The quantitative estimate of drug-likeness (QED) is 0.825. The van der Waals surface area contributed by atoms with Gasteiger partial charge < -0.3 is 0 Å². The van der Waals surface area contributed by atoms with Crippen molar-refractivity contribution >= 4 is 11.9 Å². The van der Waals surface area contributed by atoms with Crippen LogP contribution in [0.3, 0.4) is 0 Å². The van der Waals surface area contributed by atoms with E-state index in [1.165, 1.54) is 23.0 Å². The maximum atomic E-state index is 13.3. The van der Waals surface area contributed by atoms with E-state index in [1.54, 1.807) is 12.1 Å². The Morgan fingerprint density at radius 2 is 2.28 bits per heavy atom. The Hall–Kier alpha value is -2.57. The number of rotatable bonds is 4. The largest absolute Gasteiger partial charge is 0.288 e. The maximum absolute atomic E-state index is 13.3. The summed E-state index contributed by atoms with van der Waals surface area (Å²) in [6, 6.07) is 5.65. The van der Waals surface area contributed by atoms with Crippen LogP contribution >= 0.6 is 0 Å². The molecule has 7 heteroatoms. The van der Waals surface area contributed by atoms with Crippen LogP contribution in [-0.2, 0) is 6.54 Å². The predicted molar refractivity (Wildman–Crippen MR) is 62.4 cm³/mol. The molecule has 0 unspecified atom stereocenters. The zero-order valence-corrected chi connectivity index (χ0v) is 9.38. The minimum atomic E-state index is -0.619. The molecule has 1 N–H and O–H groups in total. The summed E-state index contributed by atoms with van der Waals surface area (Å²) in [5.74, 6) is -1.20. The van der Waals surface area contributed by atoms with E-state index < -0.39 is 11.7 Å². The lowest BCUT2D eigenvalue weighted by Crippen LogP contribution is -2.15. The number of tetrazole rings is 1. The third-order valence-electron chi connectivity index (χ3n) is 2.09. The van der Waals surface area contributed by atoms with Gasteiger partial charge in [0, 0.05) is 0 Å². The number of nitrogens with zero attached hydrogens (tertiary/aromatic N) is 4. The Kier molecular flexibility index (Phi) is 3.42. The monoisotopic (exact) mass is 247 g/mol. The maximum Gasteiger partial charge on any atom is 0.270 e. The van der Waals surface area contributed by atoms with E-state index in [1.807, 2.05) is 0 Å². The highest BCUT2D eigenvalue weighted by atomic mass is 19.1. The molecule has 0 fully saturated rings. The highest BCUT2D eigenvalue weighted by Gasteiger charge is 2.13. The third kappa shape index (κ3) is 2.57. The average Bonchev–Trinajstić information content (AvgIpc) is 2.77. The molecule has 0 saturated carbocycles. The second-order valence-electron chi connectivity index (χ2n) is 3.39. The minimum absolute atomic E-state index is 0.0186. The van der Waals surface area contributed by atoms with E-state index in [9.17, 15) is 9.18 Å².